The Bertz CT molecular complexity index is 189. The lowest BCUT2D eigenvalue weighted by molar-refractivity contribution is 0.146. The van der Waals surface area contributed by atoms with Crippen LogP contribution in [0.15, 0.2) is 0 Å². The SMILES string of the molecule is CCN1CCCC1CN(C)CC(N)COC. The molecule has 0 saturated carbocycles. The van der Waals surface area contributed by atoms with Gasteiger partial charge in [0.15, 0.2) is 0 Å². The molecule has 0 aliphatic carbocycles. The summed E-state index contributed by atoms with van der Waals surface area (Å²) in [5.74, 6) is 0. The molecular formula is C12H27N3O. The van der Waals surface area contributed by atoms with Gasteiger partial charge >= 0.3 is 0 Å². The van der Waals surface area contributed by atoms with E-state index in [1.807, 2.05) is 0 Å². The Kier molecular flexibility index (Phi) is 6.28. The summed E-state index contributed by atoms with van der Waals surface area (Å²) in [4.78, 5) is 4.90. The molecule has 0 aromatic rings. The van der Waals surface area contributed by atoms with Crippen LogP contribution in [0, 0.1) is 0 Å². The lowest BCUT2D eigenvalue weighted by Crippen LogP contribution is -2.44. The summed E-state index contributed by atoms with van der Waals surface area (Å²) in [7, 11) is 3.86. The Morgan fingerprint density at radius 2 is 2.31 bits per heavy atom. The Morgan fingerprint density at radius 3 is 2.94 bits per heavy atom. The second-order valence-corrected chi connectivity index (χ2v) is 4.86. The van der Waals surface area contributed by atoms with E-state index in [4.69, 9.17) is 10.5 Å². The number of likely N-dealkylation sites (N-methyl/N-ethyl adjacent to an activating group) is 2. The minimum Gasteiger partial charge on any atom is -0.383 e. The first-order valence-corrected chi connectivity index (χ1v) is 6.34. The number of methoxy groups -OCH3 is 1. The van der Waals surface area contributed by atoms with Crippen molar-refractivity contribution in [1.82, 2.24) is 9.80 Å². The second-order valence-electron chi connectivity index (χ2n) is 4.86. The molecule has 1 aliphatic heterocycles. The van der Waals surface area contributed by atoms with Gasteiger partial charge in [0.2, 0.25) is 0 Å². The normalized spacial score (nSPS) is 24.2. The monoisotopic (exact) mass is 229 g/mol. The molecule has 16 heavy (non-hydrogen) atoms. The first-order chi connectivity index (χ1) is 7.67. The van der Waals surface area contributed by atoms with Crippen molar-refractivity contribution in [3.05, 3.63) is 0 Å². The summed E-state index contributed by atoms with van der Waals surface area (Å²) in [6.45, 7) is 7.37. The molecule has 2 N–H and O–H groups in total. The quantitative estimate of drug-likeness (QED) is 0.685. The number of hydrogen-bond acceptors (Lipinski definition) is 4. The Morgan fingerprint density at radius 1 is 1.56 bits per heavy atom. The van der Waals surface area contributed by atoms with Crippen molar-refractivity contribution in [1.29, 1.82) is 0 Å². The number of rotatable bonds is 7. The minimum atomic E-state index is 0.131. The van der Waals surface area contributed by atoms with Gasteiger partial charge in [0, 0.05) is 32.3 Å². The number of nitrogens with zero attached hydrogens (tertiary/aromatic N) is 2. The number of nitrogens with two attached hydrogens (primary N) is 1. The Hall–Kier alpha value is -0.160. The van der Waals surface area contributed by atoms with Crippen LogP contribution in [0.1, 0.15) is 19.8 Å². The topological polar surface area (TPSA) is 41.7 Å². The third-order valence-corrected chi connectivity index (χ3v) is 3.35. The summed E-state index contributed by atoms with van der Waals surface area (Å²) >= 11 is 0. The highest BCUT2D eigenvalue weighted by molar-refractivity contribution is 4.81. The van der Waals surface area contributed by atoms with E-state index in [2.05, 4.69) is 23.8 Å². The maximum atomic E-state index is 5.95. The molecule has 0 amide bonds. The predicted molar refractivity (Wildman–Crippen MR) is 67.6 cm³/mol. The summed E-state index contributed by atoms with van der Waals surface area (Å²) < 4.78 is 5.05. The lowest BCUT2D eigenvalue weighted by Gasteiger charge is -2.29. The summed E-state index contributed by atoms with van der Waals surface area (Å²) in [5.41, 5.74) is 5.95. The van der Waals surface area contributed by atoms with Crippen molar-refractivity contribution in [2.45, 2.75) is 31.8 Å². The highest BCUT2D eigenvalue weighted by Crippen LogP contribution is 2.17. The minimum absolute atomic E-state index is 0.131. The van der Waals surface area contributed by atoms with E-state index in [0.717, 1.165) is 19.1 Å². The van der Waals surface area contributed by atoms with E-state index >= 15 is 0 Å². The van der Waals surface area contributed by atoms with Gasteiger partial charge in [0.1, 0.15) is 0 Å². The van der Waals surface area contributed by atoms with Crippen molar-refractivity contribution in [3.63, 3.8) is 0 Å². The molecule has 0 bridgehead atoms. The summed E-state index contributed by atoms with van der Waals surface area (Å²) in [5, 5.41) is 0. The van der Waals surface area contributed by atoms with Gasteiger partial charge in [-0.25, -0.2) is 0 Å². The molecule has 2 atom stereocenters. The van der Waals surface area contributed by atoms with Gasteiger partial charge in [0.05, 0.1) is 6.61 Å². The van der Waals surface area contributed by atoms with Crippen LogP contribution in [-0.2, 0) is 4.74 Å². The van der Waals surface area contributed by atoms with Crippen LogP contribution in [0.25, 0.3) is 0 Å². The highest BCUT2D eigenvalue weighted by Gasteiger charge is 2.24. The van der Waals surface area contributed by atoms with Gasteiger partial charge in [-0.1, -0.05) is 6.92 Å². The van der Waals surface area contributed by atoms with Gasteiger partial charge < -0.3 is 15.4 Å². The molecule has 1 rings (SSSR count). The third-order valence-electron chi connectivity index (χ3n) is 3.35. The van der Waals surface area contributed by atoms with Crippen LogP contribution in [0.5, 0.6) is 0 Å². The van der Waals surface area contributed by atoms with Gasteiger partial charge in [-0.05, 0) is 33.0 Å². The van der Waals surface area contributed by atoms with E-state index in [1.54, 1.807) is 7.11 Å². The molecule has 0 spiro atoms. The fourth-order valence-electron chi connectivity index (χ4n) is 2.62. The molecule has 96 valence electrons. The van der Waals surface area contributed by atoms with E-state index in [-0.39, 0.29) is 6.04 Å². The molecule has 1 saturated heterocycles. The zero-order chi connectivity index (χ0) is 12.0. The van der Waals surface area contributed by atoms with E-state index in [9.17, 15) is 0 Å². The van der Waals surface area contributed by atoms with Gasteiger partial charge in [0.25, 0.3) is 0 Å². The molecule has 4 heteroatoms. The number of ether oxygens (including phenoxy) is 1. The van der Waals surface area contributed by atoms with Gasteiger partial charge in [-0.2, -0.15) is 0 Å². The summed E-state index contributed by atoms with van der Waals surface area (Å²) in [6, 6.07) is 0.858. The fraction of sp³-hybridized carbons (Fsp3) is 1.00. The second kappa shape index (κ2) is 7.22. The maximum Gasteiger partial charge on any atom is 0.0626 e. The standard InChI is InChI=1S/C12H27N3O/c1-4-15-7-5-6-12(15)9-14(2)8-11(13)10-16-3/h11-12H,4-10,13H2,1-3H3. The average molecular weight is 229 g/mol. The van der Waals surface area contributed by atoms with Gasteiger partial charge in [-0.3, -0.25) is 4.90 Å². The molecule has 1 fully saturated rings. The first-order valence-electron chi connectivity index (χ1n) is 6.34. The van der Waals surface area contributed by atoms with E-state index in [0.29, 0.717) is 6.61 Å². The third kappa shape index (κ3) is 4.37. The predicted octanol–water partition coefficient (Wildman–Crippen LogP) is 0.376. The van der Waals surface area contributed by atoms with Crippen molar-refractivity contribution >= 4 is 0 Å². The zero-order valence-electron chi connectivity index (χ0n) is 11.0. The molecule has 0 aromatic carbocycles. The Balaban J connectivity index is 2.24. The van der Waals surface area contributed by atoms with Crippen molar-refractivity contribution < 1.29 is 4.74 Å². The molecule has 0 radical (unpaired) electrons. The van der Waals surface area contributed by atoms with Crippen LogP contribution in [0.2, 0.25) is 0 Å². The largest absolute Gasteiger partial charge is 0.383 e. The molecule has 0 aromatic heterocycles. The number of hydrogen-bond donors (Lipinski definition) is 1. The van der Waals surface area contributed by atoms with Crippen LogP contribution in [0.4, 0.5) is 0 Å². The highest BCUT2D eigenvalue weighted by atomic mass is 16.5. The molecule has 1 aliphatic rings. The van der Waals surface area contributed by atoms with Gasteiger partial charge in [-0.15, -0.1) is 0 Å². The van der Waals surface area contributed by atoms with Crippen LogP contribution in [0.3, 0.4) is 0 Å². The smallest absolute Gasteiger partial charge is 0.0626 e. The van der Waals surface area contributed by atoms with Crippen LogP contribution in [-0.4, -0.2) is 68.8 Å². The first kappa shape index (κ1) is 13.9. The summed E-state index contributed by atoms with van der Waals surface area (Å²) in [6.07, 6.45) is 2.67. The van der Waals surface area contributed by atoms with E-state index in [1.165, 1.54) is 25.9 Å². The van der Waals surface area contributed by atoms with Crippen molar-refractivity contribution in [2.24, 2.45) is 5.73 Å². The zero-order valence-corrected chi connectivity index (χ0v) is 11.0. The average Bonchev–Trinajstić information content (AvgIpc) is 2.65. The number of likely N-dealkylation sites (tertiary alicyclic amines) is 1. The lowest BCUT2D eigenvalue weighted by atomic mass is 10.2. The van der Waals surface area contributed by atoms with Crippen LogP contribution >= 0.6 is 0 Å². The molecule has 4 nitrogen and oxygen atoms in total. The van der Waals surface area contributed by atoms with Crippen molar-refractivity contribution in [2.75, 3.05) is 46.9 Å². The molecule has 2 unspecified atom stereocenters. The molecule has 1 heterocycles. The molecular weight excluding hydrogens is 202 g/mol. The Labute approximate surface area is 99.7 Å². The maximum absolute atomic E-state index is 5.95. The van der Waals surface area contributed by atoms with E-state index < -0.39 is 0 Å². The van der Waals surface area contributed by atoms with Crippen molar-refractivity contribution in [3.8, 4) is 0 Å². The van der Waals surface area contributed by atoms with Crippen LogP contribution < -0.4 is 5.73 Å². The fourth-order valence-corrected chi connectivity index (χ4v) is 2.62.